The van der Waals surface area contributed by atoms with E-state index in [0.717, 1.165) is 0 Å². The van der Waals surface area contributed by atoms with E-state index in [1.54, 1.807) is 27.8 Å². The number of ether oxygens (including phenoxy) is 2. The number of hydrogen-bond donors (Lipinski definition) is 1. The zero-order valence-electron chi connectivity index (χ0n) is 12.8. The van der Waals surface area contributed by atoms with Gasteiger partial charge < -0.3 is 20.1 Å². The first kappa shape index (κ1) is 17.7. The van der Waals surface area contributed by atoms with Gasteiger partial charge in [0.25, 0.3) is 0 Å². The Labute approximate surface area is 115 Å². The van der Waals surface area contributed by atoms with Crippen LogP contribution in [-0.4, -0.2) is 48.8 Å². The molecule has 0 saturated heterocycles. The molecule has 0 aromatic rings. The van der Waals surface area contributed by atoms with Crippen molar-refractivity contribution in [3.8, 4) is 0 Å². The van der Waals surface area contributed by atoms with Crippen LogP contribution in [0.3, 0.4) is 0 Å². The highest BCUT2D eigenvalue weighted by Gasteiger charge is 2.34. The fraction of sp³-hybridized carbons (Fsp3) is 0.846. The van der Waals surface area contributed by atoms with Crippen molar-refractivity contribution in [2.45, 2.75) is 51.7 Å². The first-order chi connectivity index (χ1) is 8.55. The van der Waals surface area contributed by atoms with E-state index >= 15 is 0 Å². The minimum Gasteiger partial charge on any atom is -0.468 e. The number of nitrogens with two attached hydrogens (primary N) is 1. The number of methoxy groups -OCH3 is 1. The molecular formula is C13H26N2O4. The Morgan fingerprint density at radius 1 is 1.26 bits per heavy atom. The van der Waals surface area contributed by atoms with E-state index in [1.165, 1.54) is 12.0 Å². The molecule has 0 rings (SSSR count). The molecule has 0 aliphatic heterocycles. The average Bonchev–Trinajstić information content (AvgIpc) is 2.32. The molecule has 0 radical (unpaired) electrons. The van der Waals surface area contributed by atoms with Crippen LogP contribution in [-0.2, 0) is 14.3 Å². The van der Waals surface area contributed by atoms with Crippen molar-refractivity contribution < 1.29 is 19.1 Å². The van der Waals surface area contributed by atoms with Gasteiger partial charge in [-0.1, -0.05) is 6.92 Å². The van der Waals surface area contributed by atoms with Gasteiger partial charge in [0.05, 0.1) is 7.11 Å². The largest absolute Gasteiger partial charge is 0.468 e. The number of carbonyl (C=O) groups is 2. The van der Waals surface area contributed by atoms with Crippen molar-refractivity contribution in [1.82, 2.24) is 4.90 Å². The molecule has 0 bridgehead atoms. The summed E-state index contributed by atoms with van der Waals surface area (Å²) in [6.45, 7) is 7.53. The van der Waals surface area contributed by atoms with Gasteiger partial charge in [-0.25, -0.2) is 4.79 Å². The van der Waals surface area contributed by atoms with Crippen molar-refractivity contribution in [2.24, 2.45) is 5.73 Å². The van der Waals surface area contributed by atoms with E-state index in [-0.39, 0.29) is 0 Å². The summed E-state index contributed by atoms with van der Waals surface area (Å²) in [6, 6.07) is 0. The highest BCUT2D eigenvalue weighted by molar-refractivity contribution is 5.80. The summed E-state index contributed by atoms with van der Waals surface area (Å²) in [5.41, 5.74) is 4.37. The standard InChI is InChI=1S/C13H26N2O4/c1-7-13(14,10(16)18-6)8-9-15(5)11(17)19-12(2,3)4/h7-9,14H2,1-6H3. The molecule has 0 heterocycles. The lowest BCUT2D eigenvalue weighted by atomic mass is 9.93. The van der Waals surface area contributed by atoms with Crippen LogP contribution < -0.4 is 5.73 Å². The van der Waals surface area contributed by atoms with Crippen LogP contribution in [0.4, 0.5) is 4.79 Å². The van der Waals surface area contributed by atoms with Crippen LogP contribution in [0.2, 0.25) is 0 Å². The SMILES string of the molecule is CCC(N)(CCN(C)C(=O)OC(C)(C)C)C(=O)OC. The molecule has 0 saturated carbocycles. The highest BCUT2D eigenvalue weighted by Crippen LogP contribution is 2.15. The van der Waals surface area contributed by atoms with Gasteiger partial charge in [-0.05, 0) is 33.6 Å². The average molecular weight is 274 g/mol. The van der Waals surface area contributed by atoms with Gasteiger partial charge >= 0.3 is 12.1 Å². The second-order valence-corrected chi connectivity index (χ2v) is 5.65. The van der Waals surface area contributed by atoms with E-state index in [2.05, 4.69) is 4.74 Å². The molecule has 6 heteroatoms. The van der Waals surface area contributed by atoms with Crippen molar-refractivity contribution in [3.05, 3.63) is 0 Å². The molecule has 19 heavy (non-hydrogen) atoms. The summed E-state index contributed by atoms with van der Waals surface area (Å²) in [7, 11) is 2.92. The van der Waals surface area contributed by atoms with Gasteiger partial charge in [0.15, 0.2) is 0 Å². The second-order valence-electron chi connectivity index (χ2n) is 5.65. The maximum absolute atomic E-state index is 11.7. The molecular weight excluding hydrogens is 248 g/mol. The highest BCUT2D eigenvalue weighted by atomic mass is 16.6. The molecule has 112 valence electrons. The monoisotopic (exact) mass is 274 g/mol. The van der Waals surface area contributed by atoms with Crippen LogP contribution in [0.15, 0.2) is 0 Å². The third-order valence-corrected chi connectivity index (χ3v) is 2.82. The lowest BCUT2D eigenvalue weighted by Gasteiger charge is -2.29. The number of esters is 1. The number of rotatable bonds is 5. The van der Waals surface area contributed by atoms with Gasteiger partial charge in [-0.2, -0.15) is 0 Å². The molecule has 0 spiro atoms. The molecule has 0 aliphatic carbocycles. The smallest absolute Gasteiger partial charge is 0.410 e. The maximum atomic E-state index is 11.7. The van der Waals surface area contributed by atoms with Crippen molar-refractivity contribution in [1.29, 1.82) is 0 Å². The summed E-state index contributed by atoms with van der Waals surface area (Å²) < 4.78 is 9.90. The third-order valence-electron chi connectivity index (χ3n) is 2.82. The topological polar surface area (TPSA) is 81.9 Å². The van der Waals surface area contributed by atoms with Crippen LogP contribution in [0.25, 0.3) is 0 Å². The van der Waals surface area contributed by atoms with Crippen LogP contribution in [0, 0.1) is 0 Å². The van der Waals surface area contributed by atoms with E-state index in [4.69, 9.17) is 10.5 Å². The minimum absolute atomic E-state index is 0.325. The second kappa shape index (κ2) is 6.75. The van der Waals surface area contributed by atoms with Crippen molar-refractivity contribution in [3.63, 3.8) is 0 Å². The van der Waals surface area contributed by atoms with E-state index in [1.807, 2.05) is 6.92 Å². The fourth-order valence-corrected chi connectivity index (χ4v) is 1.42. The van der Waals surface area contributed by atoms with Gasteiger partial charge in [-0.15, -0.1) is 0 Å². The number of nitrogens with zero attached hydrogens (tertiary/aromatic N) is 1. The summed E-state index contributed by atoms with van der Waals surface area (Å²) in [5.74, 6) is -0.465. The summed E-state index contributed by atoms with van der Waals surface area (Å²) in [6.07, 6.45) is 0.337. The van der Waals surface area contributed by atoms with E-state index in [9.17, 15) is 9.59 Å². The predicted molar refractivity (Wildman–Crippen MR) is 72.7 cm³/mol. The van der Waals surface area contributed by atoms with Crippen molar-refractivity contribution in [2.75, 3.05) is 20.7 Å². The zero-order chi connectivity index (χ0) is 15.3. The molecule has 1 unspecified atom stereocenters. The Balaban J connectivity index is 4.46. The normalized spacial score (nSPS) is 14.5. The fourth-order valence-electron chi connectivity index (χ4n) is 1.42. The first-order valence-corrected chi connectivity index (χ1v) is 6.37. The van der Waals surface area contributed by atoms with E-state index < -0.39 is 23.2 Å². The Morgan fingerprint density at radius 3 is 2.16 bits per heavy atom. The zero-order valence-corrected chi connectivity index (χ0v) is 12.8. The Morgan fingerprint density at radius 2 is 1.79 bits per heavy atom. The molecule has 1 atom stereocenters. The Kier molecular flexibility index (Phi) is 6.29. The lowest BCUT2D eigenvalue weighted by molar-refractivity contribution is -0.147. The molecule has 0 aliphatic rings. The molecule has 0 fully saturated rings. The molecule has 2 N–H and O–H groups in total. The van der Waals surface area contributed by atoms with Gasteiger partial charge in [0, 0.05) is 13.6 Å². The minimum atomic E-state index is -1.06. The predicted octanol–water partition coefficient (Wildman–Crippen LogP) is 1.52. The summed E-state index contributed by atoms with van der Waals surface area (Å²) >= 11 is 0. The quantitative estimate of drug-likeness (QED) is 0.769. The van der Waals surface area contributed by atoms with Gasteiger partial charge in [0.1, 0.15) is 11.1 Å². The molecule has 0 aromatic carbocycles. The summed E-state index contributed by atoms with van der Waals surface area (Å²) in [4.78, 5) is 24.8. The molecule has 0 aromatic heterocycles. The number of hydrogen-bond acceptors (Lipinski definition) is 5. The van der Waals surface area contributed by atoms with Crippen molar-refractivity contribution >= 4 is 12.1 Å². The lowest BCUT2D eigenvalue weighted by Crippen LogP contribution is -2.50. The van der Waals surface area contributed by atoms with Crippen LogP contribution in [0.5, 0.6) is 0 Å². The summed E-state index contributed by atoms with van der Waals surface area (Å²) in [5, 5.41) is 0. The Bertz CT molecular complexity index is 325. The van der Waals surface area contributed by atoms with E-state index in [0.29, 0.717) is 19.4 Å². The number of amides is 1. The Hall–Kier alpha value is -1.30. The number of carbonyl (C=O) groups excluding carboxylic acids is 2. The third kappa shape index (κ3) is 5.92. The molecule has 1 amide bonds. The van der Waals surface area contributed by atoms with Gasteiger partial charge in [-0.3, -0.25) is 4.79 Å². The van der Waals surface area contributed by atoms with Crippen LogP contribution >= 0.6 is 0 Å². The maximum Gasteiger partial charge on any atom is 0.410 e. The first-order valence-electron chi connectivity index (χ1n) is 6.37. The van der Waals surface area contributed by atoms with Gasteiger partial charge in [0.2, 0.25) is 0 Å². The van der Waals surface area contributed by atoms with Crippen LogP contribution in [0.1, 0.15) is 40.5 Å². The molecule has 6 nitrogen and oxygen atoms in total.